The van der Waals surface area contributed by atoms with Crippen molar-refractivity contribution in [3.8, 4) is 5.75 Å². The van der Waals surface area contributed by atoms with Gasteiger partial charge in [0.05, 0.1) is 0 Å². The van der Waals surface area contributed by atoms with Crippen LogP contribution in [-0.4, -0.2) is 11.3 Å². The van der Waals surface area contributed by atoms with E-state index < -0.39 is 40.3 Å². The van der Waals surface area contributed by atoms with Crippen LogP contribution in [0, 0.1) is 6.92 Å². The van der Waals surface area contributed by atoms with Crippen LogP contribution >= 0.6 is 0 Å². The number of rotatable bonds is 3. The summed E-state index contributed by atoms with van der Waals surface area (Å²) >= 11 is 0. The third-order valence-electron chi connectivity index (χ3n) is 2.55. The van der Waals surface area contributed by atoms with Gasteiger partial charge < -0.3 is 14.8 Å². The molecule has 1 heterocycles. The summed E-state index contributed by atoms with van der Waals surface area (Å²) in [4.78, 5) is 21.8. The fourth-order valence-electron chi connectivity index (χ4n) is 1.58. The molecule has 2 aromatic rings. The topological polar surface area (TPSA) is 79.5 Å². The largest absolute Gasteiger partial charge is 0.502 e. The van der Waals surface area contributed by atoms with Gasteiger partial charge in [0.2, 0.25) is 0 Å². The molecule has 1 aromatic carbocycles. The van der Waals surface area contributed by atoms with Crippen LogP contribution in [0.15, 0.2) is 26.1 Å². The summed E-state index contributed by atoms with van der Waals surface area (Å²) in [7, 11) is 0. The summed E-state index contributed by atoms with van der Waals surface area (Å²) in [6, 6.07) is 0.122. The van der Waals surface area contributed by atoms with E-state index in [-0.39, 0.29) is 5.76 Å². The second-order valence-corrected chi connectivity index (χ2v) is 3.95. The molecule has 0 fully saturated rings. The predicted octanol–water partition coefficient (Wildman–Crippen LogP) is 1.61. The van der Waals surface area contributed by atoms with Crippen molar-refractivity contribution >= 4 is 5.69 Å². The van der Waals surface area contributed by atoms with E-state index in [0.717, 1.165) is 6.07 Å². The highest BCUT2D eigenvalue weighted by Crippen LogP contribution is 2.37. The number of nitrogens with one attached hydrogen (secondary N) is 1. The molecule has 0 saturated carbocycles. The first kappa shape index (κ1) is 13.2. The summed E-state index contributed by atoms with van der Waals surface area (Å²) in [6.45, 7) is 1.46. The van der Waals surface area contributed by atoms with Crippen molar-refractivity contribution in [3.63, 3.8) is 0 Å². The Kier molecular flexibility index (Phi) is 2.88. The molecular formula is C11H8F3NO4. The average molecular weight is 275 g/mol. The van der Waals surface area contributed by atoms with Gasteiger partial charge in [0.1, 0.15) is 17.2 Å². The summed E-state index contributed by atoms with van der Waals surface area (Å²) in [5.41, 5.74) is -3.14. The number of hydrogen-bond donors (Lipinski definition) is 2. The fraction of sp³-hybridized carbons (Fsp3) is 0.273. The van der Waals surface area contributed by atoms with Gasteiger partial charge in [-0.15, -0.1) is 0 Å². The lowest BCUT2D eigenvalue weighted by Gasteiger charge is -2.21. The fourth-order valence-corrected chi connectivity index (χ4v) is 1.58. The molecule has 0 spiro atoms. The molecule has 0 saturated heterocycles. The lowest BCUT2D eigenvalue weighted by Crippen LogP contribution is -2.37. The van der Waals surface area contributed by atoms with Crippen LogP contribution in [0.25, 0.3) is 0 Å². The molecule has 2 N–H and O–H groups in total. The van der Waals surface area contributed by atoms with Crippen LogP contribution in [-0.2, 0) is 0 Å². The zero-order valence-electron chi connectivity index (χ0n) is 9.54. The summed E-state index contributed by atoms with van der Waals surface area (Å²) in [5.74, 6) is -1.19. The predicted molar refractivity (Wildman–Crippen MR) is 58.9 cm³/mol. The van der Waals surface area contributed by atoms with Crippen molar-refractivity contribution in [1.82, 2.24) is 0 Å². The first-order valence-corrected chi connectivity index (χ1v) is 5.13. The van der Waals surface area contributed by atoms with Gasteiger partial charge in [-0.2, -0.15) is 13.2 Å². The smallest absolute Gasteiger partial charge is 0.415 e. The number of furan rings is 1. The van der Waals surface area contributed by atoms with Crippen molar-refractivity contribution < 1.29 is 22.7 Å². The van der Waals surface area contributed by atoms with E-state index in [1.165, 1.54) is 13.0 Å². The second-order valence-electron chi connectivity index (χ2n) is 3.95. The highest BCUT2D eigenvalue weighted by atomic mass is 19.4. The number of aryl methyl sites for hydroxylation is 1. The number of hydrogen-bond acceptors (Lipinski definition) is 5. The van der Waals surface area contributed by atoms with Crippen LogP contribution in [0.1, 0.15) is 17.6 Å². The molecule has 102 valence electrons. The Morgan fingerprint density at radius 1 is 1.26 bits per heavy atom. The Morgan fingerprint density at radius 2 is 1.89 bits per heavy atom. The monoisotopic (exact) mass is 275 g/mol. The Morgan fingerprint density at radius 3 is 2.32 bits per heavy atom. The van der Waals surface area contributed by atoms with Gasteiger partial charge in [0, 0.05) is 0 Å². The molecule has 1 unspecified atom stereocenters. The van der Waals surface area contributed by atoms with Gasteiger partial charge in [-0.1, -0.05) is 0 Å². The molecule has 0 radical (unpaired) electrons. The molecule has 1 aromatic heterocycles. The summed E-state index contributed by atoms with van der Waals surface area (Å²) < 4.78 is 43.4. The van der Waals surface area contributed by atoms with Crippen LogP contribution in [0.4, 0.5) is 18.9 Å². The molecule has 0 aliphatic heterocycles. The molecule has 8 heteroatoms. The van der Waals surface area contributed by atoms with E-state index in [1.807, 2.05) is 0 Å². The van der Waals surface area contributed by atoms with E-state index in [9.17, 15) is 22.8 Å². The van der Waals surface area contributed by atoms with Gasteiger partial charge in [0.15, 0.2) is 11.8 Å². The third kappa shape index (κ3) is 2.20. The molecule has 5 nitrogen and oxygen atoms in total. The third-order valence-corrected chi connectivity index (χ3v) is 2.55. The van der Waals surface area contributed by atoms with Gasteiger partial charge in [-0.05, 0) is 19.1 Å². The minimum Gasteiger partial charge on any atom is -0.502 e. The molecule has 0 bridgehead atoms. The maximum atomic E-state index is 12.9. The van der Waals surface area contributed by atoms with E-state index in [2.05, 4.69) is 0 Å². The number of alkyl halides is 3. The van der Waals surface area contributed by atoms with Crippen molar-refractivity contribution in [2.45, 2.75) is 19.1 Å². The van der Waals surface area contributed by atoms with Crippen LogP contribution in [0.3, 0.4) is 0 Å². The van der Waals surface area contributed by atoms with Crippen LogP contribution in [0.2, 0.25) is 0 Å². The molecular weight excluding hydrogens is 267 g/mol. The standard InChI is InChI=1S/C11H8F3NO4/c1-4-2-3-5(19-4)10(11(12,13)14)15-6-7(16)9(18)8(6)17/h2-3,10,15-16H,1H3. The SMILES string of the molecule is Cc1ccc(C(Nc2c(O)c(=O)c2=O)C(F)(F)F)o1. The van der Waals surface area contributed by atoms with Crippen molar-refractivity contribution in [3.05, 3.63) is 44.1 Å². The highest BCUT2D eigenvalue weighted by Gasteiger charge is 2.44. The molecule has 2 rings (SSSR count). The molecule has 0 aliphatic carbocycles. The van der Waals surface area contributed by atoms with E-state index in [1.54, 1.807) is 5.32 Å². The molecule has 1 atom stereocenters. The second kappa shape index (κ2) is 4.15. The number of halogens is 3. The zero-order chi connectivity index (χ0) is 14.4. The maximum absolute atomic E-state index is 12.9. The van der Waals surface area contributed by atoms with Gasteiger partial charge in [-0.3, -0.25) is 9.59 Å². The van der Waals surface area contributed by atoms with E-state index in [4.69, 9.17) is 9.52 Å². The normalized spacial score (nSPS) is 13.7. The Labute approximate surface area is 104 Å². The Bertz CT molecular complexity index is 679. The van der Waals surface area contributed by atoms with Crippen LogP contribution < -0.4 is 16.2 Å². The van der Waals surface area contributed by atoms with Crippen molar-refractivity contribution in [2.24, 2.45) is 0 Å². The minimum absolute atomic E-state index is 0.264. The lowest BCUT2D eigenvalue weighted by atomic mass is 10.1. The minimum atomic E-state index is -4.75. The molecule has 0 amide bonds. The van der Waals surface area contributed by atoms with Gasteiger partial charge in [-0.25, -0.2) is 0 Å². The molecule has 0 aliphatic rings. The summed E-state index contributed by atoms with van der Waals surface area (Å²) in [5, 5.41) is 10.9. The zero-order valence-corrected chi connectivity index (χ0v) is 9.54. The quantitative estimate of drug-likeness (QED) is 0.832. The first-order valence-electron chi connectivity index (χ1n) is 5.13. The Balaban J connectivity index is 2.36. The van der Waals surface area contributed by atoms with Crippen molar-refractivity contribution in [1.29, 1.82) is 0 Å². The first-order chi connectivity index (χ1) is 8.71. The number of anilines is 1. The van der Waals surface area contributed by atoms with Gasteiger partial charge in [0.25, 0.3) is 10.9 Å². The lowest BCUT2D eigenvalue weighted by molar-refractivity contribution is -0.147. The average Bonchev–Trinajstić information content (AvgIpc) is 2.73. The maximum Gasteiger partial charge on any atom is 0.415 e. The number of aromatic hydroxyl groups is 1. The Hall–Kier alpha value is -2.25. The summed E-state index contributed by atoms with van der Waals surface area (Å²) in [6.07, 6.45) is -4.75. The van der Waals surface area contributed by atoms with E-state index in [0.29, 0.717) is 0 Å². The van der Waals surface area contributed by atoms with E-state index >= 15 is 0 Å². The van der Waals surface area contributed by atoms with Gasteiger partial charge >= 0.3 is 6.18 Å². The van der Waals surface area contributed by atoms with Crippen molar-refractivity contribution in [2.75, 3.05) is 5.32 Å². The molecule has 19 heavy (non-hydrogen) atoms. The highest BCUT2D eigenvalue weighted by molar-refractivity contribution is 5.61. The van der Waals surface area contributed by atoms with Crippen LogP contribution in [0.5, 0.6) is 5.75 Å².